The number of hydrogen-bond acceptors (Lipinski definition) is 3. The van der Waals surface area contributed by atoms with Crippen LogP contribution in [0.25, 0.3) is 0 Å². The standard InChI is InChI=1S/C15H19NO4/c1-10-5-7-13(20-10)15(19)16-12-4-2-3-11(9-12)6-8-14(17)18/h2-4,9-10,13H,5-8H2,1H3,(H,16,19)(H,17,18)/t10-,13-/m1/s1. The number of ether oxygens (including phenoxy) is 1. The van der Waals surface area contributed by atoms with Crippen LogP contribution in [0, 0.1) is 0 Å². The molecule has 108 valence electrons. The zero-order chi connectivity index (χ0) is 14.5. The van der Waals surface area contributed by atoms with Crippen LogP contribution < -0.4 is 5.32 Å². The lowest BCUT2D eigenvalue weighted by Crippen LogP contribution is -2.27. The number of aryl methyl sites for hydroxylation is 1. The van der Waals surface area contributed by atoms with E-state index in [0.29, 0.717) is 12.1 Å². The van der Waals surface area contributed by atoms with Crippen LogP contribution in [0.2, 0.25) is 0 Å². The number of anilines is 1. The summed E-state index contributed by atoms with van der Waals surface area (Å²) < 4.78 is 5.51. The Morgan fingerprint density at radius 2 is 2.20 bits per heavy atom. The van der Waals surface area contributed by atoms with Gasteiger partial charge in [0, 0.05) is 12.1 Å². The molecule has 20 heavy (non-hydrogen) atoms. The third-order valence-corrected chi connectivity index (χ3v) is 3.35. The second-order valence-corrected chi connectivity index (χ2v) is 5.10. The van der Waals surface area contributed by atoms with Gasteiger partial charge in [-0.3, -0.25) is 9.59 Å². The molecule has 1 aromatic rings. The second-order valence-electron chi connectivity index (χ2n) is 5.10. The summed E-state index contributed by atoms with van der Waals surface area (Å²) in [6.07, 6.45) is 1.93. The van der Waals surface area contributed by atoms with Gasteiger partial charge < -0.3 is 15.2 Å². The van der Waals surface area contributed by atoms with Gasteiger partial charge in [0.1, 0.15) is 6.10 Å². The molecule has 2 atom stereocenters. The van der Waals surface area contributed by atoms with Crippen LogP contribution in [0.4, 0.5) is 5.69 Å². The van der Waals surface area contributed by atoms with Crippen LogP contribution in [0.5, 0.6) is 0 Å². The van der Waals surface area contributed by atoms with Crippen molar-refractivity contribution < 1.29 is 19.4 Å². The number of nitrogens with one attached hydrogen (secondary N) is 1. The lowest BCUT2D eigenvalue weighted by atomic mass is 10.1. The Bertz CT molecular complexity index is 500. The lowest BCUT2D eigenvalue weighted by Gasteiger charge is -2.12. The van der Waals surface area contributed by atoms with Crippen LogP contribution in [-0.2, 0) is 20.7 Å². The molecule has 0 radical (unpaired) electrons. The Kier molecular flexibility index (Phi) is 4.74. The number of carbonyl (C=O) groups is 2. The summed E-state index contributed by atoms with van der Waals surface area (Å²) in [5.41, 5.74) is 1.58. The molecule has 0 aromatic heterocycles. The topological polar surface area (TPSA) is 75.6 Å². The Hall–Kier alpha value is -1.88. The van der Waals surface area contributed by atoms with Crippen LogP contribution in [0.1, 0.15) is 31.7 Å². The van der Waals surface area contributed by atoms with Gasteiger partial charge in [0.2, 0.25) is 0 Å². The van der Waals surface area contributed by atoms with E-state index in [9.17, 15) is 9.59 Å². The predicted octanol–water partition coefficient (Wildman–Crippen LogP) is 2.21. The van der Waals surface area contributed by atoms with E-state index < -0.39 is 5.97 Å². The van der Waals surface area contributed by atoms with Crippen molar-refractivity contribution in [3.63, 3.8) is 0 Å². The van der Waals surface area contributed by atoms with Crippen molar-refractivity contribution in [3.8, 4) is 0 Å². The summed E-state index contributed by atoms with van der Waals surface area (Å²) in [4.78, 5) is 22.6. The molecule has 0 aliphatic carbocycles. The van der Waals surface area contributed by atoms with E-state index in [-0.39, 0.29) is 24.5 Å². The van der Waals surface area contributed by atoms with Crippen molar-refractivity contribution in [2.45, 2.75) is 44.8 Å². The van der Waals surface area contributed by atoms with Crippen LogP contribution >= 0.6 is 0 Å². The van der Waals surface area contributed by atoms with Gasteiger partial charge >= 0.3 is 5.97 Å². The number of carboxylic acid groups (broad SMARTS) is 1. The zero-order valence-corrected chi connectivity index (χ0v) is 11.5. The monoisotopic (exact) mass is 277 g/mol. The highest BCUT2D eigenvalue weighted by Crippen LogP contribution is 2.21. The first-order valence-electron chi connectivity index (χ1n) is 6.81. The van der Waals surface area contributed by atoms with Crippen molar-refractivity contribution >= 4 is 17.6 Å². The number of benzene rings is 1. The van der Waals surface area contributed by atoms with Gasteiger partial charge in [-0.15, -0.1) is 0 Å². The van der Waals surface area contributed by atoms with Crippen LogP contribution in [0.3, 0.4) is 0 Å². The van der Waals surface area contributed by atoms with Crippen molar-refractivity contribution in [1.29, 1.82) is 0 Å². The summed E-state index contributed by atoms with van der Waals surface area (Å²) in [7, 11) is 0. The van der Waals surface area contributed by atoms with Gasteiger partial charge in [-0.1, -0.05) is 12.1 Å². The summed E-state index contributed by atoms with van der Waals surface area (Å²) in [6.45, 7) is 1.96. The van der Waals surface area contributed by atoms with Crippen LogP contribution in [-0.4, -0.2) is 29.2 Å². The fourth-order valence-corrected chi connectivity index (χ4v) is 2.27. The molecule has 1 amide bonds. The first-order valence-corrected chi connectivity index (χ1v) is 6.81. The zero-order valence-electron chi connectivity index (χ0n) is 11.5. The van der Waals surface area contributed by atoms with Crippen LogP contribution in [0.15, 0.2) is 24.3 Å². The van der Waals surface area contributed by atoms with Gasteiger partial charge in [-0.25, -0.2) is 0 Å². The van der Waals surface area contributed by atoms with Crippen molar-refractivity contribution in [3.05, 3.63) is 29.8 Å². The summed E-state index contributed by atoms with van der Waals surface area (Å²) >= 11 is 0. The molecule has 1 fully saturated rings. The average Bonchev–Trinajstić information content (AvgIpc) is 2.84. The predicted molar refractivity (Wildman–Crippen MR) is 74.6 cm³/mol. The van der Waals surface area contributed by atoms with E-state index in [0.717, 1.165) is 18.4 Å². The van der Waals surface area contributed by atoms with E-state index in [1.807, 2.05) is 19.1 Å². The first kappa shape index (κ1) is 14.5. The van der Waals surface area contributed by atoms with Crippen molar-refractivity contribution in [2.24, 2.45) is 0 Å². The van der Waals surface area contributed by atoms with E-state index >= 15 is 0 Å². The van der Waals surface area contributed by atoms with Gasteiger partial charge in [-0.05, 0) is 43.9 Å². The summed E-state index contributed by atoms with van der Waals surface area (Å²) in [5.74, 6) is -0.961. The highest BCUT2D eigenvalue weighted by atomic mass is 16.5. The van der Waals surface area contributed by atoms with E-state index in [1.165, 1.54) is 0 Å². The highest BCUT2D eigenvalue weighted by molar-refractivity contribution is 5.94. The largest absolute Gasteiger partial charge is 0.481 e. The molecule has 0 unspecified atom stereocenters. The van der Waals surface area contributed by atoms with E-state index in [2.05, 4.69) is 5.32 Å². The molecule has 0 bridgehead atoms. The molecule has 1 aliphatic heterocycles. The van der Waals surface area contributed by atoms with E-state index in [1.54, 1.807) is 12.1 Å². The van der Waals surface area contributed by atoms with Gasteiger partial charge in [0.15, 0.2) is 0 Å². The normalized spacial score (nSPS) is 21.6. The Morgan fingerprint density at radius 3 is 2.85 bits per heavy atom. The molecule has 2 N–H and O–H groups in total. The number of hydrogen-bond donors (Lipinski definition) is 2. The summed E-state index contributed by atoms with van der Waals surface area (Å²) in [6, 6.07) is 7.26. The minimum atomic E-state index is -0.826. The third-order valence-electron chi connectivity index (χ3n) is 3.35. The molecule has 5 heteroatoms. The SMILES string of the molecule is C[C@@H]1CC[C@H](C(=O)Nc2cccc(CCC(=O)O)c2)O1. The molecular formula is C15H19NO4. The molecule has 0 spiro atoms. The highest BCUT2D eigenvalue weighted by Gasteiger charge is 2.28. The third kappa shape index (κ3) is 4.06. The maximum absolute atomic E-state index is 12.0. The molecule has 5 nitrogen and oxygen atoms in total. The Balaban J connectivity index is 1.93. The molecule has 1 aliphatic rings. The number of carboxylic acids is 1. The molecule has 1 aromatic carbocycles. The minimum Gasteiger partial charge on any atom is -0.481 e. The van der Waals surface area contributed by atoms with E-state index in [4.69, 9.17) is 9.84 Å². The summed E-state index contributed by atoms with van der Waals surface area (Å²) in [5, 5.41) is 11.5. The van der Waals surface area contributed by atoms with Crippen molar-refractivity contribution in [1.82, 2.24) is 0 Å². The second kappa shape index (κ2) is 6.52. The maximum Gasteiger partial charge on any atom is 0.303 e. The molecule has 0 saturated carbocycles. The quantitative estimate of drug-likeness (QED) is 0.865. The van der Waals surface area contributed by atoms with Gasteiger partial charge in [0.25, 0.3) is 5.91 Å². The number of rotatable bonds is 5. The first-order chi connectivity index (χ1) is 9.54. The minimum absolute atomic E-state index is 0.0840. The Morgan fingerprint density at radius 1 is 1.40 bits per heavy atom. The number of carbonyl (C=O) groups excluding carboxylic acids is 1. The fraction of sp³-hybridized carbons (Fsp3) is 0.467. The number of aliphatic carboxylic acids is 1. The smallest absolute Gasteiger partial charge is 0.303 e. The Labute approximate surface area is 117 Å². The van der Waals surface area contributed by atoms with Gasteiger partial charge in [0.05, 0.1) is 6.10 Å². The lowest BCUT2D eigenvalue weighted by molar-refractivity contribution is -0.137. The number of amides is 1. The molecule has 1 saturated heterocycles. The van der Waals surface area contributed by atoms with Crippen molar-refractivity contribution in [2.75, 3.05) is 5.32 Å². The maximum atomic E-state index is 12.0. The van der Waals surface area contributed by atoms with Gasteiger partial charge in [-0.2, -0.15) is 0 Å². The molecular weight excluding hydrogens is 258 g/mol. The molecule has 2 rings (SSSR count). The fourth-order valence-electron chi connectivity index (χ4n) is 2.27. The molecule has 1 heterocycles. The average molecular weight is 277 g/mol.